The number of hydrogen-bond acceptors (Lipinski definition) is 5. The van der Waals surface area contributed by atoms with Gasteiger partial charge in [-0.3, -0.25) is 9.69 Å². The van der Waals surface area contributed by atoms with Gasteiger partial charge in [0.25, 0.3) is 5.91 Å². The molecule has 152 valence electrons. The van der Waals surface area contributed by atoms with Crippen LogP contribution in [-0.4, -0.2) is 43.9 Å². The first kappa shape index (κ1) is 19.7. The largest absolute Gasteiger partial charge is 0.454 e. The number of likely N-dealkylation sites (N-methyl/N-ethyl adjacent to an activating group) is 1. The number of thiazole rings is 1. The molecule has 0 saturated heterocycles. The van der Waals surface area contributed by atoms with Crippen LogP contribution in [0.5, 0.6) is 11.5 Å². The Bertz CT molecular complexity index is 988. The molecule has 0 fully saturated rings. The van der Waals surface area contributed by atoms with Crippen molar-refractivity contribution in [3.63, 3.8) is 0 Å². The molecule has 1 N–H and O–H groups in total. The quantitative estimate of drug-likeness (QED) is 0.648. The number of nitrogens with one attached hydrogen (secondary N) is 1. The molecule has 7 heteroatoms. The van der Waals surface area contributed by atoms with Gasteiger partial charge in [-0.15, -0.1) is 0 Å². The lowest BCUT2D eigenvalue weighted by Crippen LogP contribution is -3.12. The maximum Gasteiger partial charge on any atom is 0.260 e. The number of benzene rings is 2. The summed E-state index contributed by atoms with van der Waals surface area (Å²) in [5, 5.41) is 0.710. The normalized spacial score (nSPS) is 12.7. The lowest BCUT2D eigenvalue weighted by atomic mass is 10.1. The molecule has 0 atom stereocenters. The van der Waals surface area contributed by atoms with Crippen LogP contribution >= 0.6 is 11.3 Å². The third kappa shape index (κ3) is 4.06. The molecular formula is C22H26N3O3S+. The predicted octanol–water partition coefficient (Wildman–Crippen LogP) is 2.90. The smallest absolute Gasteiger partial charge is 0.260 e. The van der Waals surface area contributed by atoms with Crippen molar-refractivity contribution in [2.75, 3.05) is 37.9 Å². The number of aromatic nitrogens is 1. The number of carbonyl (C=O) groups excluding carboxylic acids is 1. The number of nitrogens with zero attached hydrogens (tertiary/aromatic N) is 2. The summed E-state index contributed by atoms with van der Waals surface area (Å²) in [4.78, 5) is 21.4. The van der Waals surface area contributed by atoms with Crippen molar-refractivity contribution in [2.24, 2.45) is 0 Å². The van der Waals surface area contributed by atoms with Crippen molar-refractivity contribution >= 4 is 32.6 Å². The van der Waals surface area contributed by atoms with Crippen molar-refractivity contribution in [1.82, 2.24) is 4.98 Å². The average Bonchev–Trinajstić information content (AvgIpc) is 3.34. The molecule has 6 nitrogen and oxygen atoms in total. The van der Waals surface area contributed by atoms with Gasteiger partial charge in [0.1, 0.15) is 0 Å². The second kappa shape index (κ2) is 8.39. The molecule has 0 saturated carbocycles. The Balaban J connectivity index is 1.69. The van der Waals surface area contributed by atoms with Gasteiger partial charge in [-0.05, 0) is 32.9 Å². The lowest BCUT2D eigenvalue weighted by Gasteiger charge is -2.23. The van der Waals surface area contributed by atoms with E-state index < -0.39 is 0 Å². The van der Waals surface area contributed by atoms with Gasteiger partial charge in [0, 0.05) is 17.7 Å². The van der Waals surface area contributed by atoms with Gasteiger partial charge in [0.15, 0.2) is 16.6 Å². The monoisotopic (exact) mass is 412 g/mol. The van der Waals surface area contributed by atoms with E-state index in [0.29, 0.717) is 23.0 Å². The van der Waals surface area contributed by atoms with Crippen molar-refractivity contribution in [1.29, 1.82) is 0 Å². The minimum Gasteiger partial charge on any atom is -0.454 e. The second-order valence-corrected chi connectivity index (χ2v) is 8.21. The summed E-state index contributed by atoms with van der Waals surface area (Å²) in [6.45, 7) is 10.1. The summed E-state index contributed by atoms with van der Waals surface area (Å²) in [5.74, 6) is 1.43. The van der Waals surface area contributed by atoms with Crippen LogP contribution in [0, 0.1) is 6.92 Å². The first-order chi connectivity index (χ1) is 14.1. The maximum absolute atomic E-state index is 13.4. The summed E-state index contributed by atoms with van der Waals surface area (Å²) >= 11 is 1.51. The number of quaternary nitrogens is 1. The molecule has 4 rings (SSSR count). The van der Waals surface area contributed by atoms with Gasteiger partial charge in [-0.25, -0.2) is 4.98 Å². The minimum absolute atomic E-state index is 0.0145. The van der Waals surface area contributed by atoms with E-state index >= 15 is 0 Å². The Morgan fingerprint density at radius 1 is 1.17 bits per heavy atom. The van der Waals surface area contributed by atoms with E-state index in [1.165, 1.54) is 16.2 Å². The number of aryl methyl sites for hydroxylation is 1. The second-order valence-electron chi connectivity index (χ2n) is 7.20. The highest BCUT2D eigenvalue weighted by atomic mass is 32.1. The van der Waals surface area contributed by atoms with Gasteiger partial charge < -0.3 is 14.4 Å². The molecule has 0 unspecified atom stereocenters. The third-order valence-corrected chi connectivity index (χ3v) is 6.34. The predicted molar refractivity (Wildman–Crippen MR) is 116 cm³/mol. The standard InChI is InChI=1S/C22H25N3O3S/c1-4-24(5-2)9-10-25(21(26)16-8-6-7-15(3)11-16)22-23-17-12-18-19(28-14-27-18)13-20(17)29-22/h6-8,11-13H,4-5,9-10,14H2,1-3H3/p+1. The van der Waals surface area contributed by atoms with E-state index in [2.05, 4.69) is 13.8 Å². The van der Waals surface area contributed by atoms with Crippen molar-refractivity contribution in [2.45, 2.75) is 20.8 Å². The summed E-state index contributed by atoms with van der Waals surface area (Å²) in [6.07, 6.45) is 0. The average molecular weight is 413 g/mol. The summed E-state index contributed by atoms with van der Waals surface area (Å²) in [6, 6.07) is 11.6. The lowest BCUT2D eigenvalue weighted by molar-refractivity contribution is -0.894. The summed E-state index contributed by atoms with van der Waals surface area (Å²) < 4.78 is 11.9. The number of anilines is 1. The highest BCUT2D eigenvalue weighted by Crippen LogP contribution is 2.39. The number of amides is 1. The number of hydrogen-bond donors (Lipinski definition) is 1. The van der Waals surface area contributed by atoms with Crippen molar-refractivity contribution in [3.05, 3.63) is 47.5 Å². The molecule has 0 bridgehead atoms. The van der Waals surface area contributed by atoms with Crippen LogP contribution in [0.25, 0.3) is 10.2 Å². The molecule has 2 heterocycles. The van der Waals surface area contributed by atoms with Crippen LogP contribution in [-0.2, 0) is 0 Å². The van der Waals surface area contributed by atoms with Gasteiger partial charge in [0.05, 0.1) is 36.4 Å². The Morgan fingerprint density at radius 2 is 1.93 bits per heavy atom. The molecule has 1 aliphatic rings. The number of fused-ring (bicyclic) bond motifs is 2. The molecule has 1 aliphatic heterocycles. The van der Waals surface area contributed by atoms with Crippen LogP contribution in [0.1, 0.15) is 29.8 Å². The fourth-order valence-electron chi connectivity index (χ4n) is 3.51. The fourth-order valence-corrected chi connectivity index (χ4v) is 4.51. The Morgan fingerprint density at radius 3 is 2.66 bits per heavy atom. The Labute approximate surface area is 174 Å². The van der Waals surface area contributed by atoms with Crippen LogP contribution in [0.2, 0.25) is 0 Å². The molecule has 3 aromatic rings. The van der Waals surface area contributed by atoms with E-state index in [1.54, 1.807) is 0 Å². The Kier molecular flexibility index (Phi) is 5.69. The van der Waals surface area contributed by atoms with Crippen LogP contribution < -0.4 is 19.3 Å². The van der Waals surface area contributed by atoms with E-state index in [-0.39, 0.29) is 12.7 Å². The van der Waals surface area contributed by atoms with E-state index in [0.717, 1.165) is 41.2 Å². The number of ether oxygens (including phenoxy) is 2. The molecule has 29 heavy (non-hydrogen) atoms. The minimum atomic E-state index is -0.0145. The molecule has 0 spiro atoms. The van der Waals surface area contributed by atoms with Crippen LogP contribution in [0.15, 0.2) is 36.4 Å². The highest BCUT2D eigenvalue weighted by Gasteiger charge is 2.24. The van der Waals surface area contributed by atoms with Gasteiger partial charge in [-0.2, -0.15) is 0 Å². The third-order valence-electron chi connectivity index (χ3n) is 5.30. The molecule has 0 aliphatic carbocycles. The van der Waals surface area contributed by atoms with Crippen LogP contribution in [0.3, 0.4) is 0 Å². The Hall–Kier alpha value is -2.64. The van der Waals surface area contributed by atoms with Crippen molar-refractivity contribution < 1.29 is 19.2 Å². The summed E-state index contributed by atoms with van der Waals surface area (Å²) in [5.41, 5.74) is 2.58. The molecule has 0 radical (unpaired) electrons. The molecule has 1 amide bonds. The molecule has 1 aromatic heterocycles. The highest BCUT2D eigenvalue weighted by molar-refractivity contribution is 7.22. The zero-order valence-corrected chi connectivity index (χ0v) is 17.8. The number of rotatable bonds is 7. The first-order valence-corrected chi connectivity index (χ1v) is 10.8. The molecular weight excluding hydrogens is 386 g/mol. The zero-order chi connectivity index (χ0) is 20.4. The zero-order valence-electron chi connectivity index (χ0n) is 17.0. The van der Waals surface area contributed by atoms with Gasteiger partial charge in [0.2, 0.25) is 6.79 Å². The molecule has 2 aromatic carbocycles. The van der Waals surface area contributed by atoms with Gasteiger partial charge in [-0.1, -0.05) is 29.0 Å². The van der Waals surface area contributed by atoms with Gasteiger partial charge >= 0.3 is 0 Å². The topological polar surface area (TPSA) is 56.1 Å². The number of carbonyl (C=O) groups is 1. The van der Waals surface area contributed by atoms with E-state index in [9.17, 15) is 4.79 Å². The first-order valence-electron chi connectivity index (χ1n) is 10.0. The van der Waals surface area contributed by atoms with Crippen molar-refractivity contribution in [3.8, 4) is 11.5 Å². The summed E-state index contributed by atoms with van der Waals surface area (Å²) in [7, 11) is 0. The maximum atomic E-state index is 13.4. The van der Waals surface area contributed by atoms with E-state index in [4.69, 9.17) is 14.5 Å². The van der Waals surface area contributed by atoms with Crippen LogP contribution in [0.4, 0.5) is 5.13 Å². The fraction of sp³-hybridized carbons (Fsp3) is 0.364. The van der Waals surface area contributed by atoms with E-state index in [1.807, 2.05) is 48.2 Å². The SMILES string of the molecule is CC[NH+](CC)CCN(C(=O)c1cccc(C)c1)c1nc2cc3c(cc2s1)OCO3.